The molecule has 0 spiro atoms. The number of rotatable bonds is 1. The van der Waals surface area contributed by atoms with E-state index in [9.17, 15) is 0 Å². The van der Waals surface area contributed by atoms with Gasteiger partial charge in [-0.05, 0) is 67.5 Å². The van der Waals surface area contributed by atoms with Crippen LogP contribution in [0.1, 0.15) is 52.4 Å². The largest absolute Gasteiger partial charge is 0.238 e. The molecule has 4 fully saturated rings. The maximum atomic E-state index is 5.35. The molecule has 1 N–H and O–H groups in total. The van der Waals surface area contributed by atoms with Crippen molar-refractivity contribution in [1.82, 2.24) is 20.2 Å². The Morgan fingerprint density at radius 3 is 2.33 bits per heavy atom. The summed E-state index contributed by atoms with van der Waals surface area (Å²) in [5.74, 6) is 0.862. The highest BCUT2D eigenvalue weighted by atomic mass is 32.1. The zero-order valence-electron chi connectivity index (χ0n) is 11.1. The van der Waals surface area contributed by atoms with E-state index in [-0.39, 0.29) is 5.54 Å². The minimum absolute atomic E-state index is 0.170. The average Bonchev–Trinajstić information content (AvgIpc) is 2.58. The number of aromatic nitrogens is 4. The van der Waals surface area contributed by atoms with Gasteiger partial charge in [0.25, 0.3) is 0 Å². The Morgan fingerprint density at radius 1 is 1.17 bits per heavy atom. The van der Waals surface area contributed by atoms with Crippen LogP contribution in [0.25, 0.3) is 0 Å². The van der Waals surface area contributed by atoms with Crippen molar-refractivity contribution in [3.8, 4) is 0 Å². The smallest absolute Gasteiger partial charge is 0.236 e. The van der Waals surface area contributed by atoms with E-state index >= 15 is 0 Å². The monoisotopic (exact) mass is 264 g/mol. The van der Waals surface area contributed by atoms with E-state index in [1.165, 1.54) is 38.5 Å². The SMILES string of the molecule is CC12CC3CC(C)(C1)CC(n1[nH]nnc1=S)(C3)C2. The molecule has 0 saturated heterocycles. The topological polar surface area (TPSA) is 46.5 Å². The first-order chi connectivity index (χ1) is 8.42. The van der Waals surface area contributed by atoms with Crippen LogP contribution in [0.15, 0.2) is 0 Å². The fraction of sp³-hybridized carbons (Fsp3) is 0.923. The van der Waals surface area contributed by atoms with Gasteiger partial charge in [-0.25, -0.2) is 4.68 Å². The van der Waals surface area contributed by atoms with Gasteiger partial charge >= 0.3 is 0 Å². The molecule has 5 heteroatoms. The summed E-state index contributed by atoms with van der Waals surface area (Å²) in [5.41, 5.74) is 1.16. The molecule has 0 amide bonds. The second-order valence-electron chi connectivity index (χ2n) is 7.77. The van der Waals surface area contributed by atoms with Crippen LogP contribution in [0.4, 0.5) is 0 Å². The summed E-state index contributed by atoms with van der Waals surface area (Å²) in [5, 5.41) is 10.9. The van der Waals surface area contributed by atoms with Crippen LogP contribution in [0, 0.1) is 21.5 Å². The number of nitrogens with one attached hydrogen (secondary N) is 1. The molecule has 1 heterocycles. The lowest BCUT2D eigenvalue weighted by Crippen LogP contribution is -2.59. The fourth-order valence-electron chi connectivity index (χ4n) is 6.14. The lowest BCUT2D eigenvalue weighted by Gasteiger charge is -2.65. The molecule has 4 saturated carbocycles. The maximum Gasteiger partial charge on any atom is 0.238 e. The van der Waals surface area contributed by atoms with E-state index in [0.717, 1.165) is 5.92 Å². The van der Waals surface area contributed by atoms with Crippen LogP contribution in [0.2, 0.25) is 0 Å². The van der Waals surface area contributed by atoms with Crippen LogP contribution in [-0.4, -0.2) is 20.2 Å². The first-order valence-electron chi connectivity index (χ1n) is 6.93. The summed E-state index contributed by atoms with van der Waals surface area (Å²) in [6.45, 7) is 4.94. The molecule has 1 aromatic rings. The third-order valence-corrected chi connectivity index (χ3v) is 5.81. The summed E-state index contributed by atoms with van der Waals surface area (Å²) >= 11 is 5.35. The minimum atomic E-state index is 0.170. The molecule has 0 radical (unpaired) electrons. The molecule has 5 rings (SSSR count). The van der Waals surface area contributed by atoms with Crippen molar-refractivity contribution in [2.75, 3.05) is 0 Å². The number of aromatic amines is 1. The standard InChI is InChI=1S/C13H20N4S/c1-11-3-9-4-12(2,6-11)8-13(5-9,7-11)17-10(18)14-15-16-17/h9H,3-8H2,1-2H3,(H,14,16,18). The van der Waals surface area contributed by atoms with E-state index < -0.39 is 0 Å². The lowest BCUT2D eigenvalue weighted by atomic mass is 9.43. The normalized spacial score (nSPS) is 49.8. The van der Waals surface area contributed by atoms with Crippen molar-refractivity contribution in [3.05, 3.63) is 4.77 Å². The molecular formula is C13H20N4S. The summed E-state index contributed by atoms with van der Waals surface area (Å²) in [4.78, 5) is 0. The molecule has 1 aromatic heterocycles. The van der Waals surface area contributed by atoms with Gasteiger partial charge in [0.05, 0.1) is 5.54 Å². The van der Waals surface area contributed by atoms with Gasteiger partial charge in [0.1, 0.15) is 0 Å². The van der Waals surface area contributed by atoms with Gasteiger partial charge in [-0.3, -0.25) is 0 Å². The van der Waals surface area contributed by atoms with Crippen molar-refractivity contribution in [2.24, 2.45) is 16.7 Å². The van der Waals surface area contributed by atoms with Crippen molar-refractivity contribution < 1.29 is 0 Å². The van der Waals surface area contributed by atoms with Crippen molar-refractivity contribution in [3.63, 3.8) is 0 Å². The number of tetrazole rings is 1. The van der Waals surface area contributed by atoms with Gasteiger partial charge < -0.3 is 0 Å². The maximum absolute atomic E-state index is 5.35. The quantitative estimate of drug-likeness (QED) is 0.793. The third kappa shape index (κ3) is 1.34. The van der Waals surface area contributed by atoms with E-state index in [0.29, 0.717) is 15.6 Å². The van der Waals surface area contributed by atoms with Crippen molar-refractivity contribution in [1.29, 1.82) is 0 Å². The van der Waals surface area contributed by atoms with Gasteiger partial charge in [-0.1, -0.05) is 24.2 Å². The van der Waals surface area contributed by atoms with Crippen molar-refractivity contribution >= 4 is 12.2 Å². The molecule has 0 aromatic carbocycles. The zero-order chi connectivity index (χ0) is 12.6. The van der Waals surface area contributed by atoms with Gasteiger partial charge in [0.2, 0.25) is 4.77 Å². The molecule has 0 aliphatic heterocycles. The summed E-state index contributed by atoms with van der Waals surface area (Å²) in [6.07, 6.45) is 7.93. The highest BCUT2D eigenvalue weighted by Crippen LogP contribution is 2.68. The predicted molar refractivity (Wildman–Crippen MR) is 70.6 cm³/mol. The van der Waals surface area contributed by atoms with Crippen LogP contribution >= 0.6 is 12.2 Å². The molecule has 4 nitrogen and oxygen atoms in total. The first-order valence-corrected chi connectivity index (χ1v) is 7.34. The molecule has 4 bridgehead atoms. The van der Waals surface area contributed by atoms with Crippen LogP contribution in [0.5, 0.6) is 0 Å². The van der Waals surface area contributed by atoms with Gasteiger partial charge in [-0.2, -0.15) is 5.21 Å². The molecule has 2 unspecified atom stereocenters. The Bertz CT molecular complexity index is 541. The number of hydrogen-bond acceptors (Lipinski definition) is 3. The Balaban J connectivity index is 1.87. The Labute approximate surface area is 112 Å². The van der Waals surface area contributed by atoms with Gasteiger partial charge in [0, 0.05) is 0 Å². The van der Waals surface area contributed by atoms with Gasteiger partial charge in [-0.15, -0.1) is 0 Å². The summed E-state index contributed by atoms with van der Waals surface area (Å²) in [6, 6.07) is 0. The molecule has 18 heavy (non-hydrogen) atoms. The number of hydrogen-bond donors (Lipinski definition) is 1. The molecule has 4 aliphatic carbocycles. The Hall–Kier alpha value is -0.710. The van der Waals surface area contributed by atoms with Crippen LogP contribution in [-0.2, 0) is 5.54 Å². The van der Waals surface area contributed by atoms with E-state index in [4.69, 9.17) is 12.2 Å². The predicted octanol–water partition coefficient (Wildman–Crippen LogP) is 3.04. The second-order valence-corrected chi connectivity index (χ2v) is 8.14. The minimum Gasteiger partial charge on any atom is -0.236 e. The Kier molecular flexibility index (Phi) is 1.89. The summed E-state index contributed by atoms with van der Waals surface area (Å²) in [7, 11) is 0. The zero-order valence-corrected chi connectivity index (χ0v) is 11.9. The lowest BCUT2D eigenvalue weighted by molar-refractivity contribution is -0.141. The molecule has 2 atom stereocenters. The third-order valence-electron chi connectivity index (χ3n) is 5.54. The Morgan fingerprint density at radius 2 is 1.83 bits per heavy atom. The van der Waals surface area contributed by atoms with Gasteiger partial charge in [0.15, 0.2) is 0 Å². The van der Waals surface area contributed by atoms with Crippen LogP contribution in [0.3, 0.4) is 0 Å². The summed E-state index contributed by atoms with van der Waals surface area (Å²) < 4.78 is 2.73. The van der Waals surface area contributed by atoms with Crippen molar-refractivity contribution in [2.45, 2.75) is 57.9 Å². The molecular weight excluding hydrogens is 244 g/mol. The highest BCUT2D eigenvalue weighted by Gasteiger charge is 2.61. The molecule has 4 aliphatic rings. The highest BCUT2D eigenvalue weighted by molar-refractivity contribution is 7.71. The fourth-order valence-corrected chi connectivity index (χ4v) is 6.42. The first kappa shape index (κ1) is 11.1. The van der Waals surface area contributed by atoms with Crippen LogP contribution < -0.4 is 0 Å². The number of H-pyrrole nitrogens is 1. The number of nitrogens with zero attached hydrogens (tertiary/aromatic N) is 3. The second kappa shape index (κ2) is 3.06. The molecule has 98 valence electrons. The van der Waals surface area contributed by atoms with E-state index in [1.54, 1.807) is 0 Å². The van der Waals surface area contributed by atoms with E-state index in [1.807, 2.05) is 0 Å². The van der Waals surface area contributed by atoms with E-state index in [2.05, 4.69) is 34.1 Å². The average molecular weight is 264 g/mol.